The zero-order valence-corrected chi connectivity index (χ0v) is 16.4. The average Bonchev–Trinajstić information content (AvgIpc) is 2.99. The number of hydrogen-bond donors (Lipinski definition) is 1. The Bertz CT molecular complexity index is 842. The molecule has 0 amide bonds. The molecule has 2 aromatic rings. The van der Waals surface area contributed by atoms with E-state index in [1.807, 2.05) is 0 Å². The summed E-state index contributed by atoms with van der Waals surface area (Å²) in [5.74, 6) is -0.317. The Morgan fingerprint density at radius 2 is 1.90 bits per heavy atom. The molecule has 0 aliphatic rings. The molecule has 0 aliphatic carbocycles. The Morgan fingerprint density at radius 3 is 2.41 bits per heavy atom. The van der Waals surface area contributed by atoms with E-state index >= 15 is 0 Å². The van der Waals surface area contributed by atoms with Crippen molar-refractivity contribution in [3.8, 4) is 0 Å². The Balaban J connectivity index is 2.42. The number of benzene rings is 1. The molecule has 11 heteroatoms. The van der Waals surface area contributed by atoms with Crippen LogP contribution in [0.2, 0.25) is 0 Å². The van der Waals surface area contributed by atoms with Crippen LogP contribution in [0.25, 0.3) is 0 Å². The van der Waals surface area contributed by atoms with Crippen LogP contribution < -0.4 is 9.79 Å². The smallest absolute Gasteiger partial charge is 0.416 e. The third-order valence-electron chi connectivity index (χ3n) is 3.63. The van der Waals surface area contributed by atoms with Gasteiger partial charge in [0, 0.05) is 12.7 Å². The first-order valence-corrected chi connectivity index (χ1v) is 8.61. The predicted octanol–water partition coefficient (Wildman–Crippen LogP) is 1.87. The summed E-state index contributed by atoms with van der Waals surface area (Å²) in [6, 6.07) is 3.93. The van der Waals surface area contributed by atoms with Crippen molar-refractivity contribution in [2.75, 3.05) is 13.7 Å². The SMILES string of the molecule is COCC[n+]1noc(/N=C(\[O-])OC(C)(C)C)c1C(O)c1ccc(C(F)(F)F)cc1. The number of rotatable bonds is 6. The van der Waals surface area contributed by atoms with Crippen LogP contribution in [-0.4, -0.2) is 35.8 Å². The molecule has 0 saturated carbocycles. The molecule has 0 spiro atoms. The van der Waals surface area contributed by atoms with E-state index < -0.39 is 29.5 Å². The lowest BCUT2D eigenvalue weighted by Gasteiger charge is -2.29. The van der Waals surface area contributed by atoms with Crippen LogP contribution >= 0.6 is 0 Å². The molecular weight excluding hydrogens is 395 g/mol. The van der Waals surface area contributed by atoms with Gasteiger partial charge < -0.3 is 19.7 Å². The van der Waals surface area contributed by atoms with Crippen LogP contribution in [0.4, 0.5) is 19.1 Å². The van der Waals surface area contributed by atoms with Gasteiger partial charge in [-0.3, -0.25) is 4.52 Å². The lowest BCUT2D eigenvalue weighted by Crippen LogP contribution is -2.42. The summed E-state index contributed by atoms with van der Waals surface area (Å²) >= 11 is 0. The molecule has 1 N–H and O–H groups in total. The first-order chi connectivity index (χ1) is 13.4. The third kappa shape index (κ3) is 6.16. The van der Waals surface area contributed by atoms with E-state index in [1.54, 1.807) is 20.8 Å². The molecule has 0 saturated heterocycles. The second-order valence-corrected chi connectivity index (χ2v) is 7.09. The molecule has 0 bridgehead atoms. The normalized spacial score (nSPS) is 14.1. The highest BCUT2D eigenvalue weighted by Gasteiger charge is 2.34. The molecule has 1 unspecified atom stereocenters. The van der Waals surface area contributed by atoms with E-state index in [0.717, 1.165) is 24.3 Å². The Hall–Kier alpha value is -2.66. The van der Waals surface area contributed by atoms with Gasteiger partial charge in [-0.05, 0) is 22.4 Å². The number of methoxy groups -OCH3 is 1. The van der Waals surface area contributed by atoms with Crippen molar-refractivity contribution in [3.63, 3.8) is 0 Å². The van der Waals surface area contributed by atoms with Crippen molar-refractivity contribution < 1.29 is 42.1 Å². The van der Waals surface area contributed by atoms with Gasteiger partial charge in [0.1, 0.15) is 6.61 Å². The molecule has 1 atom stereocenters. The van der Waals surface area contributed by atoms with Gasteiger partial charge in [0.15, 0.2) is 12.2 Å². The number of aliphatic hydroxyl groups is 1. The maximum Gasteiger partial charge on any atom is 0.416 e. The van der Waals surface area contributed by atoms with Crippen molar-refractivity contribution in [1.29, 1.82) is 0 Å². The van der Waals surface area contributed by atoms with Gasteiger partial charge in [0.05, 0.1) is 5.56 Å². The maximum absolute atomic E-state index is 12.8. The average molecular weight is 417 g/mol. The highest BCUT2D eigenvalue weighted by atomic mass is 19.4. The highest BCUT2D eigenvalue weighted by Crippen LogP contribution is 2.32. The van der Waals surface area contributed by atoms with Crippen molar-refractivity contribution in [2.24, 2.45) is 4.99 Å². The lowest BCUT2D eigenvalue weighted by atomic mass is 10.0. The minimum absolute atomic E-state index is 0.0207. The molecule has 1 aromatic carbocycles. The minimum atomic E-state index is -4.50. The van der Waals surface area contributed by atoms with E-state index in [4.69, 9.17) is 14.0 Å². The fourth-order valence-electron chi connectivity index (χ4n) is 2.34. The molecule has 1 heterocycles. The fourth-order valence-corrected chi connectivity index (χ4v) is 2.34. The number of nitrogens with zero attached hydrogens (tertiary/aromatic N) is 3. The van der Waals surface area contributed by atoms with Crippen molar-refractivity contribution in [1.82, 2.24) is 5.27 Å². The summed E-state index contributed by atoms with van der Waals surface area (Å²) in [5.41, 5.74) is -1.55. The zero-order valence-electron chi connectivity index (χ0n) is 16.4. The summed E-state index contributed by atoms with van der Waals surface area (Å²) < 4.78 is 54.6. The Morgan fingerprint density at radius 1 is 1.28 bits per heavy atom. The second-order valence-electron chi connectivity index (χ2n) is 7.09. The van der Waals surface area contributed by atoms with Crippen molar-refractivity contribution in [2.45, 2.75) is 45.2 Å². The number of aliphatic imine (C=N–C) groups is 1. The minimum Gasteiger partial charge on any atom is -0.594 e. The predicted molar refractivity (Wildman–Crippen MR) is 92.0 cm³/mol. The first-order valence-electron chi connectivity index (χ1n) is 8.61. The molecule has 0 radical (unpaired) electrons. The number of aromatic nitrogens is 2. The van der Waals surface area contributed by atoms with Crippen LogP contribution in [-0.2, 0) is 22.2 Å². The van der Waals surface area contributed by atoms with Crippen molar-refractivity contribution in [3.05, 3.63) is 41.1 Å². The number of ether oxygens (including phenoxy) is 2. The molecule has 0 aliphatic heterocycles. The number of hydrogen-bond acceptors (Lipinski definition) is 7. The van der Waals surface area contributed by atoms with Gasteiger partial charge in [0.2, 0.25) is 11.8 Å². The monoisotopic (exact) mass is 417 g/mol. The summed E-state index contributed by atoms with van der Waals surface area (Å²) in [7, 11) is 1.46. The quantitative estimate of drug-likeness (QED) is 0.437. The number of alkyl halides is 3. The molecule has 8 nitrogen and oxygen atoms in total. The van der Waals surface area contributed by atoms with E-state index in [0.29, 0.717) is 0 Å². The first kappa shape index (κ1) is 22.6. The van der Waals surface area contributed by atoms with Gasteiger partial charge in [-0.1, -0.05) is 32.9 Å². The second kappa shape index (κ2) is 8.78. The zero-order chi connectivity index (χ0) is 21.8. The van der Waals surface area contributed by atoms with Gasteiger partial charge in [-0.25, -0.2) is 0 Å². The lowest BCUT2D eigenvalue weighted by molar-refractivity contribution is -0.771. The van der Waals surface area contributed by atoms with Gasteiger partial charge in [-0.15, -0.1) is 0 Å². The van der Waals surface area contributed by atoms with E-state index in [-0.39, 0.29) is 30.3 Å². The maximum atomic E-state index is 12.8. The van der Waals surface area contributed by atoms with Crippen LogP contribution in [0.3, 0.4) is 0 Å². The molecule has 0 fully saturated rings. The van der Waals surface area contributed by atoms with Crippen LogP contribution in [0.15, 0.2) is 33.8 Å². The Labute approximate surface area is 165 Å². The molecular formula is C18H22F3N3O5. The summed E-state index contributed by atoms with van der Waals surface area (Å²) in [4.78, 5) is 3.68. The van der Waals surface area contributed by atoms with Crippen LogP contribution in [0.1, 0.15) is 43.7 Å². The number of halogens is 3. The van der Waals surface area contributed by atoms with E-state index in [2.05, 4.69) is 10.3 Å². The van der Waals surface area contributed by atoms with E-state index in [9.17, 15) is 23.4 Å². The highest BCUT2D eigenvalue weighted by molar-refractivity contribution is 5.66. The third-order valence-corrected chi connectivity index (χ3v) is 3.63. The molecule has 1 aromatic heterocycles. The van der Waals surface area contributed by atoms with E-state index in [1.165, 1.54) is 11.8 Å². The van der Waals surface area contributed by atoms with Gasteiger partial charge >= 0.3 is 17.8 Å². The van der Waals surface area contributed by atoms with Crippen LogP contribution in [0.5, 0.6) is 0 Å². The number of aliphatic hydroxyl groups excluding tert-OH is 1. The topological polar surface area (TPSA) is 104 Å². The summed E-state index contributed by atoms with van der Waals surface area (Å²) in [6.45, 7) is 5.30. The summed E-state index contributed by atoms with van der Waals surface area (Å²) in [5, 5.41) is 26.5. The molecule has 160 valence electrons. The summed E-state index contributed by atoms with van der Waals surface area (Å²) in [6.07, 6.45) is -6.93. The Kier molecular flexibility index (Phi) is 6.85. The van der Waals surface area contributed by atoms with Gasteiger partial charge in [-0.2, -0.15) is 18.2 Å². The van der Waals surface area contributed by atoms with Gasteiger partial charge in [0.25, 0.3) is 0 Å². The fraction of sp³-hybridized carbons (Fsp3) is 0.500. The molecule has 2 rings (SSSR count). The largest absolute Gasteiger partial charge is 0.594 e. The van der Waals surface area contributed by atoms with Crippen LogP contribution in [0, 0.1) is 0 Å². The van der Waals surface area contributed by atoms with Crippen molar-refractivity contribution >= 4 is 12.0 Å². The standard InChI is InChI=1S/C18H22F3N3O5/c1-17(2,3)28-16(26)22-15-13(24(23-29-15)9-10-27-4)14(25)11-5-7-12(8-6-11)18(19,20)21/h5-8,14,25H,9-10H2,1-4H3. The molecule has 29 heavy (non-hydrogen) atoms.